The van der Waals surface area contributed by atoms with Crippen LogP contribution >= 0.6 is 0 Å². The fraction of sp³-hybridized carbons (Fsp3) is 0.158. The molecule has 0 saturated carbocycles. The number of anilines is 1. The van der Waals surface area contributed by atoms with Crippen LogP contribution in [0.5, 0.6) is 0 Å². The monoisotopic (exact) mass is 369 g/mol. The smallest absolute Gasteiger partial charge is 0.278 e. The van der Waals surface area contributed by atoms with E-state index in [2.05, 4.69) is 5.32 Å². The van der Waals surface area contributed by atoms with Gasteiger partial charge >= 0.3 is 0 Å². The first-order valence-electron chi connectivity index (χ1n) is 8.19. The summed E-state index contributed by atoms with van der Waals surface area (Å²) in [6.07, 6.45) is 0. The Morgan fingerprint density at radius 1 is 1.07 bits per heavy atom. The van der Waals surface area contributed by atoms with E-state index in [9.17, 15) is 24.1 Å². The molecule has 1 N–H and O–H groups in total. The van der Waals surface area contributed by atoms with Crippen LogP contribution in [0.25, 0.3) is 5.57 Å². The van der Waals surface area contributed by atoms with Crippen LogP contribution in [0.3, 0.4) is 0 Å². The molecule has 0 saturated heterocycles. The SMILES string of the molecule is CC(C)N1C(=O)C(Nc2cccc(F)c2)=C(c2ccc([N+](=O)[O-])cc2)C1=O. The van der Waals surface area contributed by atoms with E-state index in [0.29, 0.717) is 11.3 Å². The van der Waals surface area contributed by atoms with E-state index >= 15 is 0 Å². The first-order chi connectivity index (χ1) is 12.8. The molecule has 0 radical (unpaired) electrons. The van der Waals surface area contributed by atoms with Gasteiger partial charge in [0.15, 0.2) is 0 Å². The number of nitrogens with zero attached hydrogens (tertiary/aromatic N) is 2. The Hall–Kier alpha value is -3.55. The number of nitro benzene ring substituents is 1. The molecule has 1 aliphatic rings. The molecule has 2 aromatic carbocycles. The third kappa shape index (κ3) is 3.41. The minimum absolute atomic E-state index is 0.00755. The van der Waals surface area contributed by atoms with Gasteiger partial charge in [-0.1, -0.05) is 6.07 Å². The van der Waals surface area contributed by atoms with Crippen LogP contribution < -0.4 is 5.32 Å². The lowest BCUT2D eigenvalue weighted by Gasteiger charge is -2.19. The van der Waals surface area contributed by atoms with Crippen molar-refractivity contribution in [1.82, 2.24) is 4.90 Å². The molecule has 0 bridgehead atoms. The van der Waals surface area contributed by atoms with Gasteiger partial charge in [0.1, 0.15) is 11.5 Å². The first kappa shape index (κ1) is 18.2. The van der Waals surface area contributed by atoms with Gasteiger partial charge in [-0.3, -0.25) is 24.6 Å². The fourth-order valence-corrected chi connectivity index (χ4v) is 2.86. The Morgan fingerprint density at radius 2 is 1.74 bits per heavy atom. The lowest BCUT2D eigenvalue weighted by molar-refractivity contribution is -0.384. The maximum absolute atomic E-state index is 13.5. The number of imide groups is 1. The predicted molar refractivity (Wildman–Crippen MR) is 97.0 cm³/mol. The second kappa shape index (κ2) is 6.99. The number of amides is 2. The summed E-state index contributed by atoms with van der Waals surface area (Å²) in [7, 11) is 0. The Kier molecular flexibility index (Phi) is 4.72. The van der Waals surface area contributed by atoms with Gasteiger partial charge in [-0.05, 0) is 49.7 Å². The standard InChI is InChI=1S/C19H16FN3O4/c1-11(2)22-18(24)16(12-6-8-15(9-7-12)23(26)27)17(19(22)25)21-14-5-3-4-13(20)10-14/h3-11,21H,1-2H3. The molecule has 0 fully saturated rings. The number of carbonyl (C=O) groups is 2. The van der Waals surface area contributed by atoms with Crippen molar-refractivity contribution >= 4 is 28.8 Å². The zero-order valence-electron chi connectivity index (χ0n) is 14.6. The molecule has 7 nitrogen and oxygen atoms in total. The van der Waals surface area contributed by atoms with E-state index in [1.165, 1.54) is 42.5 Å². The third-order valence-corrected chi connectivity index (χ3v) is 4.09. The molecule has 2 aromatic rings. The molecule has 1 aliphatic heterocycles. The van der Waals surface area contributed by atoms with E-state index in [0.717, 1.165) is 4.90 Å². The minimum Gasteiger partial charge on any atom is -0.350 e. The molecular formula is C19H16FN3O4. The Bertz CT molecular complexity index is 967. The number of halogens is 1. The van der Waals surface area contributed by atoms with E-state index in [1.54, 1.807) is 19.9 Å². The average Bonchev–Trinajstić information content (AvgIpc) is 2.85. The van der Waals surface area contributed by atoms with Crippen LogP contribution in [0.2, 0.25) is 0 Å². The maximum Gasteiger partial charge on any atom is 0.278 e. The highest BCUT2D eigenvalue weighted by molar-refractivity contribution is 6.36. The van der Waals surface area contributed by atoms with Crippen molar-refractivity contribution in [1.29, 1.82) is 0 Å². The van der Waals surface area contributed by atoms with Crippen molar-refractivity contribution in [3.05, 3.63) is 75.7 Å². The quantitative estimate of drug-likeness (QED) is 0.496. The van der Waals surface area contributed by atoms with Crippen molar-refractivity contribution in [3.8, 4) is 0 Å². The Balaban J connectivity index is 2.09. The summed E-state index contributed by atoms with van der Waals surface area (Å²) in [5.74, 6) is -1.54. The molecule has 0 unspecified atom stereocenters. The summed E-state index contributed by atoms with van der Waals surface area (Å²) in [6, 6.07) is 10.5. The molecule has 0 aliphatic carbocycles. The summed E-state index contributed by atoms with van der Waals surface area (Å²) >= 11 is 0. The predicted octanol–water partition coefficient (Wildman–Crippen LogP) is 3.33. The summed E-state index contributed by atoms with van der Waals surface area (Å²) in [5, 5.41) is 13.7. The molecule has 0 aromatic heterocycles. The molecule has 138 valence electrons. The van der Waals surface area contributed by atoms with Gasteiger partial charge in [0, 0.05) is 23.9 Å². The number of benzene rings is 2. The normalized spacial score (nSPS) is 14.3. The van der Waals surface area contributed by atoms with Crippen molar-refractivity contribution in [3.63, 3.8) is 0 Å². The maximum atomic E-state index is 13.5. The van der Waals surface area contributed by atoms with Crippen LogP contribution in [0.1, 0.15) is 19.4 Å². The number of carbonyl (C=O) groups excluding carboxylic acids is 2. The van der Waals surface area contributed by atoms with Crippen LogP contribution in [-0.2, 0) is 9.59 Å². The fourth-order valence-electron chi connectivity index (χ4n) is 2.86. The van der Waals surface area contributed by atoms with E-state index in [1.807, 2.05) is 0 Å². The van der Waals surface area contributed by atoms with Crippen molar-refractivity contribution in [2.75, 3.05) is 5.32 Å². The topological polar surface area (TPSA) is 92.6 Å². The summed E-state index contributed by atoms with van der Waals surface area (Å²) < 4.78 is 13.5. The van der Waals surface area contributed by atoms with Gasteiger partial charge in [0.2, 0.25) is 0 Å². The zero-order valence-corrected chi connectivity index (χ0v) is 14.6. The molecular weight excluding hydrogens is 353 g/mol. The van der Waals surface area contributed by atoms with Crippen LogP contribution in [-0.4, -0.2) is 27.7 Å². The number of hydrogen-bond donors (Lipinski definition) is 1. The molecule has 0 spiro atoms. The first-order valence-corrected chi connectivity index (χ1v) is 8.19. The molecule has 8 heteroatoms. The van der Waals surface area contributed by atoms with E-state index in [4.69, 9.17) is 0 Å². The van der Waals surface area contributed by atoms with Crippen molar-refractivity contribution in [2.24, 2.45) is 0 Å². The summed E-state index contributed by atoms with van der Waals surface area (Å²) in [4.78, 5) is 37.0. The highest BCUT2D eigenvalue weighted by Gasteiger charge is 2.40. The average molecular weight is 369 g/mol. The second-order valence-corrected chi connectivity index (χ2v) is 6.26. The number of non-ortho nitro benzene ring substituents is 1. The summed E-state index contributed by atoms with van der Waals surface area (Å²) in [6.45, 7) is 3.41. The van der Waals surface area contributed by atoms with Crippen LogP contribution in [0.15, 0.2) is 54.2 Å². The number of rotatable bonds is 5. The van der Waals surface area contributed by atoms with Gasteiger partial charge in [-0.15, -0.1) is 0 Å². The molecule has 3 rings (SSSR count). The molecule has 0 atom stereocenters. The number of nitro groups is 1. The largest absolute Gasteiger partial charge is 0.350 e. The minimum atomic E-state index is -0.549. The van der Waals surface area contributed by atoms with Crippen LogP contribution in [0.4, 0.5) is 15.8 Å². The number of nitrogens with one attached hydrogen (secondary N) is 1. The Morgan fingerprint density at radius 3 is 2.30 bits per heavy atom. The van der Waals surface area contributed by atoms with Gasteiger partial charge in [-0.25, -0.2) is 4.39 Å². The second-order valence-electron chi connectivity index (χ2n) is 6.26. The highest BCUT2D eigenvalue weighted by Crippen LogP contribution is 2.32. The van der Waals surface area contributed by atoms with Gasteiger partial charge in [0.05, 0.1) is 10.5 Å². The molecule has 27 heavy (non-hydrogen) atoms. The van der Waals surface area contributed by atoms with Crippen LogP contribution in [0, 0.1) is 15.9 Å². The van der Waals surface area contributed by atoms with E-state index < -0.39 is 22.6 Å². The van der Waals surface area contributed by atoms with Gasteiger partial charge in [0.25, 0.3) is 17.5 Å². The lowest BCUT2D eigenvalue weighted by Crippen LogP contribution is -2.38. The lowest BCUT2D eigenvalue weighted by atomic mass is 10.0. The van der Waals surface area contributed by atoms with Gasteiger partial charge < -0.3 is 5.32 Å². The van der Waals surface area contributed by atoms with E-state index in [-0.39, 0.29) is 23.0 Å². The summed E-state index contributed by atoms with van der Waals surface area (Å²) in [5.41, 5.74) is 0.648. The number of hydrogen-bond acceptors (Lipinski definition) is 5. The molecule has 1 heterocycles. The third-order valence-electron chi connectivity index (χ3n) is 4.09. The zero-order chi connectivity index (χ0) is 19.7. The van der Waals surface area contributed by atoms with Crippen molar-refractivity contribution < 1.29 is 18.9 Å². The Labute approximate surface area is 154 Å². The highest BCUT2D eigenvalue weighted by atomic mass is 19.1. The van der Waals surface area contributed by atoms with Crippen molar-refractivity contribution in [2.45, 2.75) is 19.9 Å². The van der Waals surface area contributed by atoms with Gasteiger partial charge in [-0.2, -0.15) is 0 Å². The molecule has 2 amide bonds.